The molecular formula is C24H26N4O2S. The summed E-state index contributed by atoms with van der Waals surface area (Å²) >= 11 is 1.71. The van der Waals surface area contributed by atoms with Gasteiger partial charge in [0.25, 0.3) is 5.91 Å². The summed E-state index contributed by atoms with van der Waals surface area (Å²) in [4.78, 5) is 31.1. The second-order valence-corrected chi connectivity index (χ2v) is 8.76. The van der Waals surface area contributed by atoms with Crippen molar-refractivity contribution in [2.45, 2.75) is 13.3 Å². The van der Waals surface area contributed by atoms with Gasteiger partial charge in [-0.25, -0.2) is 0 Å². The van der Waals surface area contributed by atoms with Gasteiger partial charge >= 0.3 is 0 Å². The maximum atomic E-state index is 13.2. The molecule has 1 aliphatic heterocycles. The van der Waals surface area contributed by atoms with Gasteiger partial charge in [-0.05, 0) is 35.9 Å². The van der Waals surface area contributed by atoms with Gasteiger partial charge in [0.1, 0.15) is 0 Å². The topological polar surface area (TPSA) is 69.3 Å². The predicted molar refractivity (Wildman–Crippen MR) is 123 cm³/mol. The summed E-state index contributed by atoms with van der Waals surface area (Å²) in [6.45, 7) is 7.49. The Morgan fingerprint density at radius 1 is 1.29 bits per heavy atom. The maximum Gasteiger partial charge on any atom is 0.257 e. The summed E-state index contributed by atoms with van der Waals surface area (Å²) in [5.74, 6) is -0.315. The molecule has 3 heterocycles. The highest BCUT2D eigenvalue weighted by atomic mass is 32.1. The van der Waals surface area contributed by atoms with Crippen LogP contribution in [0.2, 0.25) is 0 Å². The van der Waals surface area contributed by atoms with Crippen molar-refractivity contribution in [2.24, 2.45) is 5.92 Å². The number of aromatic nitrogens is 2. The lowest BCUT2D eigenvalue weighted by Gasteiger charge is -2.23. The number of amides is 2. The van der Waals surface area contributed by atoms with Gasteiger partial charge in [-0.15, -0.1) is 17.9 Å². The van der Waals surface area contributed by atoms with E-state index < -0.39 is 0 Å². The van der Waals surface area contributed by atoms with Gasteiger partial charge in [0, 0.05) is 36.8 Å². The maximum absolute atomic E-state index is 13.2. The van der Waals surface area contributed by atoms with Gasteiger partial charge in [-0.3, -0.25) is 14.7 Å². The van der Waals surface area contributed by atoms with Crippen molar-refractivity contribution in [2.75, 3.05) is 26.2 Å². The molecule has 0 saturated carbocycles. The van der Waals surface area contributed by atoms with E-state index in [9.17, 15) is 9.59 Å². The van der Waals surface area contributed by atoms with Gasteiger partial charge < -0.3 is 9.80 Å². The monoisotopic (exact) mass is 434 g/mol. The van der Waals surface area contributed by atoms with E-state index in [4.69, 9.17) is 0 Å². The smallest absolute Gasteiger partial charge is 0.257 e. The second-order valence-electron chi connectivity index (χ2n) is 7.81. The number of carbonyl (C=O) groups excluding carboxylic acids is 2. The molecule has 4 rings (SSSR count). The first kappa shape index (κ1) is 21.1. The first-order valence-electron chi connectivity index (χ1n) is 10.4. The van der Waals surface area contributed by atoms with Crippen LogP contribution in [0.1, 0.15) is 21.6 Å². The number of carbonyl (C=O) groups is 2. The zero-order valence-electron chi connectivity index (χ0n) is 17.6. The number of aryl methyl sites for hydroxylation is 1. The van der Waals surface area contributed by atoms with Crippen LogP contribution in [0.3, 0.4) is 0 Å². The van der Waals surface area contributed by atoms with Crippen LogP contribution in [0.15, 0.2) is 60.6 Å². The molecule has 1 atom stereocenters. The zero-order chi connectivity index (χ0) is 21.8. The quantitative estimate of drug-likeness (QED) is 0.601. The molecule has 1 aliphatic rings. The first-order valence-corrected chi connectivity index (χ1v) is 11.3. The van der Waals surface area contributed by atoms with E-state index in [0.29, 0.717) is 38.2 Å². The van der Waals surface area contributed by atoms with Crippen LogP contribution in [-0.2, 0) is 11.2 Å². The number of aromatic amines is 1. The summed E-state index contributed by atoms with van der Waals surface area (Å²) in [5, 5.41) is 8.86. The SMILES string of the molecule is C=CCN1CCN(C(=O)c2cn[nH]c2C)C[C@H](Cc2ccc(-c3cccs3)cc2)C1=O. The van der Waals surface area contributed by atoms with Gasteiger partial charge in [-0.2, -0.15) is 5.10 Å². The summed E-state index contributed by atoms with van der Waals surface area (Å²) in [5.41, 5.74) is 3.56. The molecule has 7 heteroatoms. The molecule has 1 aromatic carbocycles. The molecule has 31 heavy (non-hydrogen) atoms. The number of hydrogen-bond acceptors (Lipinski definition) is 4. The molecule has 0 spiro atoms. The van der Waals surface area contributed by atoms with Crippen LogP contribution in [0.4, 0.5) is 0 Å². The molecule has 6 nitrogen and oxygen atoms in total. The third kappa shape index (κ3) is 4.61. The average Bonchev–Trinajstić information content (AvgIpc) is 3.43. The number of hydrogen-bond donors (Lipinski definition) is 1. The van der Waals surface area contributed by atoms with E-state index in [1.54, 1.807) is 33.4 Å². The van der Waals surface area contributed by atoms with Crippen LogP contribution in [-0.4, -0.2) is 58.0 Å². The van der Waals surface area contributed by atoms with Crippen LogP contribution >= 0.6 is 11.3 Å². The fourth-order valence-electron chi connectivity index (χ4n) is 3.99. The summed E-state index contributed by atoms with van der Waals surface area (Å²) in [7, 11) is 0. The van der Waals surface area contributed by atoms with Crippen molar-refractivity contribution in [1.82, 2.24) is 20.0 Å². The second kappa shape index (κ2) is 9.31. The van der Waals surface area contributed by atoms with Crippen LogP contribution in [0.25, 0.3) is 10.4 Å². The molecule has 1 fully saturated rings. The Morgan fingerprint density at radius 3 is 2.74 bits per heavy atom. The standard InChI is InChI=1S/C24H26N4O2S/c1-3-10-27-11-12-28(24(30)21-15-25-26-17(21)2)16-20(23(27)29)14-18-6-8-19(9-7-18)22-5-4-13-31-22/h3-9,13,15,20H,1,10-12,14,16H2,2H3,(H,25,26)/t20-/m0/s1. The number of nitrogens with zero attached hydrogens (tertiary/aromatic N) is 3. The van der Waals surface area contributed by atoms with Crippen LogP contribution in [0, 0.1) is 12.8 Å². The highest BCUT2D eigenvalue weighted by Gasteiger charge is 2.32. The van der Waals surface area contributed by atoms with Gasteiger partial charge in [0.2, 0.25) is 5.91 Å². The molecule has 1 N–H and O–H groups in total. The summed E-state index contributed by atoms with van der Waals surface area (Å²) in [6, 6.07) is 12.5. The van der Waals surface area contributed by atoms with E-state index in [0.717, 1.165) is 11.3 Å². The Hall–Kier alpha value is -3.19. The number of nitrogens with one attached hydrogen (secondary N) is 1. The van der Waals surface area contributed by atoms with Crippen molar-refractivity contribution in [3.63, 3.8) is 0 Å². The number of benzene rings is 1. The largest absolute Gasteiger partial charge is 0.337 e. The normalized spacial score (nSPS) is 16.9. The molecule has 0 aliphatic carbocycles. The van der Waals surface area contributed by atoms with E-state index in [2.05, 4.69) is 52.5 Å². The number of rotatable bonds is 6. The van der Waals surface area contributed by atoms with Crippen molar-refractivity contribution in [3.8, 4) is 10.4 Å². The molecule has 0 radical (unpaired) electrons. The molecule has 2 aromatic heterocycles. The third-order valence-electron chi connectivity index (χ3n) is 5.68. The minimum atomic E-state index is -0.300. The number of thiophene rings is 1. The van der Waals surface area contributed by atoms with Crippen molar-refractivity contribution in [1.29, 1.82) is 0 Å². The lowest BCUT2D eigenvalue weighted by molar-refractivity contribution is -0.134. The van der Waals surface area contributed by atoms with Crippen molar-refractivity contribution < 1.29 is 9.59 Å². The zero-order valence-corrected chi connectivity index (χ0v) is 18.4. The molecule has 3 aromatic rings. The molecule has 2 amide bonds. The van der Waals surface area contributed by atoms with Crippen LogP contribution in [0.5, 0.6) is 0 Å². The Morgan fingerprint density at radius 2 is 2.10 bits per heavy atom. The van der Waals surface area contributed by atoms with Gasteiger partial charge in [0.05, 0.1) is 17.7 Å². The van der Waals surface area contributed by atoms with Crippen molar-refractivity contribution in [3.05, 3.63) is 77.5 Å². The van der Waals surface area contributed by atoms with E-state index in [-0.39, 0.29) is 17.7 Å². The van der Waals surface area contributed by atoms with Gasteiger partial charge in [0.15, 0.2) is 0 Å². The highest BCUT2D eigenvalue weighted by Crippen LogP contribution is 2.26. The Balaban J connectivity index is 1.55. The summed E-state index contributed by atoms with van der Waals surface area (Å²) < 4.78 is 0. The minimum Gasteiger partial charge on any atom is -0.337 e. The average molecular weight is 435 g/mol. The molecule has 0 bridgehead atoms. The van der Waals surface area contributed by atoms with E-state index in [1.807, 2.05) is 13.0 Å². The third-order valence-corrected chi connectivity index (χ3v) is 6.60. The summed E-state index contributed by atoms with van der Waals surface area (Å²) in [6.07, 6.45) is 3.89. The Bertz CT molecular complexity index is 1060. The molecule has 1 saturated heterocycles. The molecular weight excluding hydrogens is 408 g/mol. The Labute approximate surface area is 186 Å². The molecule has 160 valence electrons. The predicted octanol–water partition coefficient (Wildman–Crippen LogP) is 3.78. The van der Waals surface area contributed by atoms with Crippen LogP contribution < -0.4 is 0 Å². The van der Waals surface area contributed by atoms with Crippen molar-refractivity contribution >= 4 is 23.2 Å². The Kier molecular flexibility index (Phi) is 6.32. The number of H-pyrrole nitrogens is 1. The minimum absolute atomic E-state index is 0.0708. The van der Waals surface area contributed by atoms with Gasteiger partial charge in [-0.1, -0.05) is 36.4 Å². The lowest BCUT2D eigenvalue weighted by Crippen LogP contribution is -2.38. The fourth-order valence-corrected chi connectivity index (χ4v) is 4.72. The van der Waals surface area contributed by atoms with E-state index >= 15 is 0 Å². The molecule has 0 unspecified atom stereocenters. The fraction of sp³-hybridized carbons (Fsp3) is 0.292. The first-order chi connectivity index (χ1) is 15.1. The highest BCUT2D eigenvalue weighted by molar-refractivity contribution is 7.13. The van der Waals surface area contributed by atoms with E-state index in [1.165, 1.54) is 10.4 Å². The lowest BCUT2D eigenvalue weighted by atomic mass is 9.96.